The number of methoxy groups -OCH3 is 1. The minimum absolute atomic E-state index is 0.00706. The van der Waals surface area contributed by atoms with Gasteiger partial charge in [0.15, 0.2) is 5.82 Å². The van der Waals surface area contributed by atoms with Crippen LogP contribution in [0.2, 0.25) is 10.0 Å². The Hall–Kier alpha value is -2.34. The summed E-state index contributed by atoms with van der Waals surface area (Å²) in [6.07, 6.45) is 3.12. The molecular formula is C25H25Cl2N3O2. The van der Waals surface area contributed by atoms with Crippen LogP contribution in [0.25, 0.3) is 11.3 Å². The van der Waals surface area contributed by atoms with Gasteiger partial charge >= 0.3 is 0 Å². The first-order valence-corrected chi connectivity index (χ1v) is 11.7. The topological polar surface area (TPSA) is 56.3 Å². The van der Waals surface area contributed by atoms with Crippen LogP contribution >= 0.6 is 23.2 Å². The summed E-state index contributed by atoms with van der Waals surface area (Å²) in [6.45, 7) is 2.69. The van der Waals surface area contributed by atoms with E-state index < -0.39 is 0 Å². The first-order valence-electron chi connectivity index (χ1n) is 11.0. The van der Waals surface area contributed by atoms with E-state index in [0.29, 0.717) is 34.1 Å². The maximum atomic E-state index is 6.49. The zero-order chi connectivity index (χ0) is 22.2. The average Bonchev–Trinajstić information content (AvgIpc) is 3.57. The molecule has 0 spiro atoms. The molecule has 2 aliphatic carbocycles. The average molecular weight is 470 g/mol. The number of nitrogens with one attached hydrogen (secondary N) is 1. The van der Waals surface area contributed by atoms with E-state index in [1.54, 1.807) is 19.2 Å². The van der Waals surface area contributed by atoms with Gasteiger partial charge in [-0.05, 0) is 49.1 Å². The summed E-state index contributed by atoms with van der Waals surface area (Å²) in [7, 11) is 1.60. The smallest absolute Gasteiger partial charge is 0.242 e. The highest BCUT2D eigenvalue weighted by atomic mass is 35.5. The number of benzene rings is 2. The summed E-state index contributed by atoms with van der Waals surface area (Å²) in [5.74, 6) is 1.56. The number of aromatic nitrogens is 2. The lowest BCUT2D eigenvalue weighted by Crippen LogP contribution is -2.26. The van der Waals surface area contributed by atoms with E-state index in [2.05, 4.69) is 29.6 Å². The molecule has 7 heteroatoms. The van der Waals surface area contributed by atoms with Gasteiger partial charge in [-0.15, -0.1) is 0 Å². The van der Waals surface area contributed by atoms with Crippen LogP contribution in [0.15, 0.2) is 42.5 Å². The van der Waals surface area contributed by atoms with E-state index in [9.17, 15) is 0 Å². The molecule has 1 saturated carbocycles. The van der Waals surface area contributed by atoms with Crippen molar-refractivity contribution >= 4 is 29.0 Å². The molecule has 166 valence electrons. The van der Waals surface area contributed by atoms with Crippen LogP contribution < -0.4 is 10.1 Å². The van der Waals surface area contributed by atoms with Gasteiger partial charge in [0, 0.05) is 29.5 Å². The van der Waals surface area contributed by atoms with Gasteiger partial charge < -0.3 is 14.8 Å². The number of halogens is 2. The summed E-state index contributed by atoms with van der Waals surface area (Å²) in [5, 5.41) is 4.77. The van der Waals surface area contributed by atoms with Crippen molar-refractivity contribution in [3.8, 4) is 17.1 Å². The van der Waals surface area contributed by atoms with E-state index in [1.165, 1.54) is 11.1 Å². The van der Waals surface area contributed by atoms with Crippen LogP contribution in [0.3, 0.4) is 0 Å². The highest BCUT2D eigenvalue weighted by Crippen LogP contribution is 2.46. The van der Waals surface area contributed by atoms with Crippen molar-refractivity contribution in [3.05, 3.63) is 69.3 Å². The van der Waals surface area contributed by atoms with E-state index in [1.807, 2.05) is 13.0 Å². The van der Waals surface area contributed by atoms with Crippen LogP contribution in [-0.4, -0.2) is 29.8 Å². The number of fused-ring (bicyclic) bond motifs is 1. The molecule has 0 amide bonds. The molecule has 0 unspecified atom stereocenters. The molecule has 0 saturated heterocycles. The zero-order valence-corrected chi connectivity index (χ0v) is 19.6. The Kier molecular flexibility index (Phi) is 5.97. The minimum atomic E-state index is 0.00706. The van der Waals surface area contributed by atoms with Gasteiger partial charge in [0.05, 0.1) is 30.0 Å². The Balaban J connectivity index is 1.57. The fourth-order valence-corrected chi connectivity index (χ4v) is 4.92. The fraction of sp³-hybridized carbons (Fsp3) is 0.360. The van der Waals surface area contributed by atoms with Gasteiger partial charge in [0.25, 0.3) is 0 Å². The minimum Gasteiger partial charge on any atom is -0.479 e. The van der Waals surface area contributed by atoms with Crippen LogP contribution in [0.1, 0.15) is 48.5 Å². The fourth-order valence-electron chi connectivity index (χ4n) is 4.43. The van der Waals surface area contributed by atoms with Crippen molar-refractivity contribution in [2.24, 2.45) is 0 Å². The number of rotatable bonds is 7. The number of nitrogens with zero attached hydrogens (tertiary/aromatic N) is 2. The van der Waals surface area contributed by atoms with Crippen LogP contribution in [0, 0.1) is 0 Å². The van der Waals surface area contributed by atoms with E-state index in [-0.39, 0.29) is 12.1 Å². The van der Waals surface area contributed by atoms with Gasteiger partial charge in [-0.25, -0.2) is 4.98 Å². The first-order chi connectivity index (χ1) is 15.6. The van der Waals surface area contributed by atoms with Gasteiger partial charge in [-0.1, -0.05) is 47.5 Å². The Morgan fingerprint density at radius 1 is 1.09 bits per heavy atom. The number of hydrogen-bond donors (Lipinski definition) is 1. The second-order valence-corrected chi connectivity index (χ2v) is 9.08. The highest BCUT2D eigenvalue weighted by Gasteiger charge is 2.36. The standard InChI is InChI=1S/C25H25Cl2N3O2/c1-3-32-20-12-15-6-4-5-7-17(15)22(20)29-24-21(14-8-9-14)28-23(25(30-24)31-2)18-11-10-16(26)13-19(18)27/h4-7,10-11,13-14,20,22H,3,8-9,12H2,1-2H3,(H,29,30)/t20-,22+/m0/s1. The summed E-state index contributed by atoms with van der Waals surface area (Å²) in [5.41, 5.74) is 4.90. The summed E-state index contributed by atoms with van der Waals surface area (Å²) < 4.78 is 11.7. The van der Waals surface area contributed by atoms with Crippen LogP contribution in [0.5, 0.6) is 5.88 Å². The Morgan fingerprint density at radius 2 is 1.91 bits per heavy atom. The zero-order valence-electron chi connectivity index (χ0n) is 18.1. The molecular weight excluding hydrogens is 445 g/mol. The lowest BCUT2D eigenvalue weighted by molar-refractivity contribution is 0.0573. The molecule has 32 heavy (non-hydrogen) atoms. The maximum Gasteiger partial charge on any atom is 0.242 e. The third-order valence-electron chi connectivity index (χ3n) is 6.09. The van der Waals surface area contributed by atoms with E-state index >= 15 is 0 Å². The third kappa shape index (κ3) is 4.05. The molecule has 2 aromatic carbocycles. The van der Waals surface area contributed by atoms with Crippen LogP contribution in [0.4, 0.5) is 5.82 Å². The first kappa shape index (κ1) is 21.5. The quantitative estimate of drug-likeness (QED) is 0.430. The molecule has 3 aromatic rings. The van der Waals surface area contributed by atoms with Crippen molar-refractivity contribution < 1.29 is 9.47 Å². The SMILES string of the molecule is CCO[C@H]1Cc2ccccc2[C@H]1Nc1nc(OC)c(-c2ccc(Cl)cc2Cl)nc1C1CC1. The van der Waals surface area contributed by atoms with Gasteiger partial charge in [0.2, 0.25) is 5.88 Å². The highest BCUT2D eigenvalue weighted by molar-refractivity contribution is 6.36. The normalized spacial score (nSPS) is 19.6. The Bertz CT molecular complexity index is 1150. The molecule has 1 heterocycles. The summed E-state index contributed by atoms with van der Waals surface area (Å²) in [6, 6.07) is 13.9. The molecule has 1 N–H and O–H groups in total. The second kappa shape index (κ2) is 8.89. The predicted octanol–water partition coefficient (Wildman–Crippen LogP) is 6.45. The predicted molar refractivity (Wildman–Crippen MR) is 128 cm³/mol. The number of anilines is 1. The van der Waals surface area contributed by atoms with Gasteiger partial charge in [-0.2, -0.15) is 4.98 Å². The summed E-state index contributed by atoms with van der Waals surface area (Å²) in [4.78, 5) is 9.90. The van der Waals surface area contributed by atoms with Crippen molar-refractivity contribution in [3.63, 3.8) is 0 Å². The Labute approximate surface area is 198 Å². The lowest BCUT2D eigenvalue weighted by Gasteiger charge is -2.24. The van der Waals surface area contributed by atoms with Crippen molar-refractivity contribution in [2.75, 3.05) is 19.0 Å². The van der Waals surface area contributed by atoms with Gasteiger partial charge in [0.1, 0.15) is 5.69 Å². The van der Waals surface area contributed by atoms with Crippen molar-refractivity contribution in [1.82, 2.24) is 9.97 Å². The molecule has 5 nitrogen and oxygen atoms in total. The van der Waals surface area contributed by atoms with Gasteiger partial charge in [-0.3, -0.25) is 0 Å². The molecule has 5 rings (SSSR count). The number of hydrogen-bond acceptors (Lipinski definition) is 5. The van der Waals surface area contributed by atoms with Crippen molar-refractivity contribution in [1.29, 1.82) is 0 Å². The third-order valence-corrected chi connectivity index (χ3v) is 6.64. The monoisotopic (exact) mass is 469 g/mol. The molecule has 0 radical (unpaired) electrons. The molecule has 0 bridgehead atoms. The molecule has 0 aliphatic heterocycles. The largest absolute Gasteiger partial charge is 0.479 e. The summed E-state index contributed by atoms with van der Waals surface area (Å²) >= 11 is 12.6. The van der Waals surface area contributed by atoms with Crippen LogP contribution in [-0.2, 0) is 11.2 Å². The molecule has 1 fully saturated rings. The Morgan fingerprint density at radius 3 is 2.62 bits per heavy atom. The number of ether oxygens (including phenoxy) is 2. The van der Waals surface area contributed by atoms with E-state index in [0.717, 1.165) is 36.3 Å². The maximum absolute atomic E-state index is 6.49. The lowest BCUT2D eigenvalue weighted by atomic mass is 10.1. The van der Waals surface area contributed by atoms with E-state index in [4.69, 9.17) is 42.6 Å². The molecule has 2 atom stereocenters. The molecule has 2 aliphatic rings. The molecule has 1 aromatic heterocycles. The second-order valence-electron chi connectivity index (χ2n) is 8.23. The van der Waals surface area contributed by atoms with Crippen molar-refractivity contribution in [2.45, 2.75) is 44.2 Å².